The maximum Gasteiger partial charge on any atom is 0.261 e. The van der Waals surface area contributed by atoms with Crippen molar-refractivity contribution in [3.63, 3.8) is 0 Å². The minimum atomic E-state index is -0.596. The predicted octanol–water partition coefficient (Wildman–Crippen LogP) is 3.09. The number of methoxy groups -OCH3 is 1. The van der Waals surface area contributed by atoms with Crippen molar-refractivity contribution in [1.29, 1.82) is 0 Å². The van der Waals surface area contributed by atoms with E-state index in [0.29, 0.717) is 18.0 Å². The van der Waals surface area contributed by atoms with Gasteiger partial charge in [-0.15, -0.1) is 0 Å². The molecule has 4 heteroatoms. The molecule has 0 unspecified atom stereocenters. The van der Waals surface area contributed by atoms with Crippen LogP contribution in [0.3, 0.4) is 0 Å². The van der Waals surface area contributed by atoms with Gasteiger partial charge in [0, 0.05) is 6.54 Å². The molecular formula is C18H21NO3. The van der Waals surface area contributed by atoms with E-state index in [0.717, 1.165) is 5.56 Å². The molecule has 0 aromatic heterocycles. The molecule has 0 aliphatic rings. The second-order valence-electron chi connectivity index (χ2n) is 5.12. The van der Waals surface area contributed by atoms with Crippen LogP contribution in [0.25, 0.3) is 0 Å². The minimum Gasteiger partial charge on any atom is -0.493 e. The average molecular weight is 299 g/mol. The third-order valence-electron chi connectivity index (χ3n) is 3.29. The lowest BCUT2D eigenvalue weighted by molar-refractivity contribution is -0.127. The summed E-state index contributed by atoms with van der Waals surface area (Å²) < 4.78 is 10.9. The van der Waals surface area contributed by atoms with E-state index in [2.05, 4.69) is 5.32 Å². The van der Waals surface area contributed by atoms with Gasteiger partial charge in [-0.2, -0.15) is 0 Å². The Labute approximate surface area is 131 Å². The van der Waals surface area contributed by atoms with Gasteiger partial charge in [-0.25, -0.2) is 0 Å². The highest BCUT2D eigenvalue weighted by molar-refractivity contribution is 5.80. The van der Waals surface area contributed by atoms with Crippen LogP contribution < -0.4 is 14.8 Å². The number of hydrogen-bond donors (Lipinski definition) is 1. The number of amides is 1. The smallest absolute Gasteiger partial charge is 0.261 e. The fourth-order valence-corrected chi connectivity index (χ4v) is 2.12. The van der Waals surface area contributed by atoms with Gasteiger partial charge < -0.3 is 14.8 Å². The van der Waals surface area contributed by atoms with Gasteiger partial charge in [0.05, 0.1) is 7.11 Å². The quantitative estimate of drug-likeness (QED) is 0.891. The van der Waals surface area contributed by atoms with Gasteiger partial charge >= 0.3 is 0 Å². The van der Waals surface area contributed by atoms with Crippen LogP contribution in [0.1, 0.15) is 18.1 Å². The molecule has 1 N–H and O–H groups in total. The first-order chi connectivity index (χ1) is 10.6. The van der Waals surface area contributed by atoms with Crippen LogP contribution in [0.5, 0.6) is 11.5 Å². The normalized spacial score (nSPS) is 11.6. The number of para-hydroxylation sites is 2. The Hall–Kier alpha value is -2.49. The number of carbonyl (C=O) groups excluding carboxylic acids is 1. The molecule has 0 fully saturated rings. The van der Waals surface area contributed by atoms with Gasteiger partial charge in [0.1, 0.15) is 0 Å². The standard InChI is InChI=1S/C18H21NO3/c1-13-7-6-8-15(11-13)12-19-18(20)14(2)22-17-10-5-4-9-16(17)21-3/h4-11,14H,12H2,1-3H3,(H,19,20)/t14-/m1/s1. The molecule has 0 spiro atoms. The molecule has 2 aromatic carbocycles. The summed E-state index contributed by atoms with van der Waals surface area (Å²) in [7, 11) is 1.57. The van der Waals surface area contributed by atoms with E-state index in [1.165, 1.54) is 5.56 Å². The third-order valence-corrected chi connectivity index (χ3v) is 3.29. The van der Waals surface area contributed by atoms with Crippen LogP contribution in [0, 0.1) is 6.92 Å². The van der Waals surface area contributed by atoms with Crippen LogP contribution in [-0.2, 0) is 11.3 Å². The molecule has 0 heterocycles. The average Bonchev–Trinajstić information content (AvgIpc) is 2.53. The van der Waals surface area contributed by atoms with Crippen LogP contribution >= 0.6 is 0 Å². The highest BCUT2D eigenvalue weighted by Gasteiger charge is 2.16. The molecule has 0 radical (unpaired) electrons. The van der Waals surface area contributed by atoms with E-state index >= 15 is 0 Å². The largest absolute Gasteiger partial charge is 0.493 e. The summed E-state index contributed by atoms with van der Waals surface area (Å²) in [6.45, 7) is 4.23. The number of hydrogen-bond acceptors (Lipinski definition) is 3. The summed E-state index contributed by atoms with van der Waals surface area (Å²) in [5.74, 6) is 1.01. The zero-order valence-corrected chi connectivity index (χ0v) is 13.1. The molecule has 0 aliphatic carbocycles. The summed E-state index contributed by atoms with van der Waals surface area (Å²) >= 11 is 0. The van der Waals surface area contributed by atoms with E-state index in [1.807, 2.05) is 43.3 Å². The monoisotopic (exact) mass is 299 g/mol. The fourth-order valence-electron chi connectivity index (χ4n) is 2.12. The Morgan fingerprint density at radius 2 is 1.86 bits per heavy atom. The van der Waals surface area contributed by atoms with Gasteiger partial charge in [0.2, 0.25) is 0 Å². The highest BCUT2D eigenvalue weighted by atomic mass is 16.5. The maximum absolute atomic E-state index is 12.1. The molecule has 0 bridgehead atoms. The van der Waals surface area contributed by atoms with E-state index in [-0.39, 0.29) is 5.91 Å². The van der Waals surface area contributed by atoms with Gasteiger partial charge in [-0.1, -0.05) is 42.0 Å². The molecule has 0 saturated heterocycles. The zero-order chi connectivity index (χ0) is 15.9. The molecule has 1 amide bonds. The number of nitrogens with one attached hydrogen (secondary N) is 1. The number of rotatable bonds is 6. The topological polar surface area (TPSA) is 47.6 Å². The lowest BCUT2D eigenvalue weighted by atomic mass is 10.1. The summed E-state index contributed by atoms with van der Waals surface area (Å²) in [6.07, 6.45) is -0.596. The Morgan fingerprint density at radius 3 is 2.55 bits per heavy atom. The van der Waals surface area contributed by atoms with E-state index in [1.54, 1.807) is 26.2 Å². The van der Waals surface area contributed by atoms with Crippen LogP contribution in [0.2, 0.25) is 0 Å². The van der Waals surface area contributed by atoms with Crippen LogP contribution in [-0.4, -0.2) is 19.1 Å². The summed E-state index contributed by atoms with van der Waals surface area (Å²) in [5, 5.41) is 2.88. The summed E-state index contributed by atoms with van der Waals surface area (Å²) in [5.41, 5.74) is 2.24. The van der Waals surface area contributed by atoms with Crippen molar-refractivity contribution in [2.45, 2.75) is 26.5 Å². The van der Waals surface area contributed by atoms with E-state index in [9.17, 15) is 4.79 Å². The molecule has 22 heavy (non-hydrogen) atoms. The van der Waals surface area contributed by atoms with Gasteiger partial charge in [-0.3, -0.25) is 4.79 Å². The highest BCUT2D eigenvalue weighted by Crippen LogP contribution is 2.26. The number of benzene rings is 2. The van der Waals surface area contributed by atoms with Gasteiger partial charge in [-0.05, 0) is 31.5 Å². The molecule has 2 aromatic rings. The molecular weight excluding hydrogens is 278 g/mol. The minimum absolute atomic E-state index is 0.160. The second-order valence-corrected chi connectivity index (χ2v) is 5.12. The van der Waals surface area contributed by atoms with Crippen molar-refractivity contribution >= 4 is 5.91 Å². The Balaban J connectivity index is 1.92. The van der Waals surface area contributed by atoms with Crippen molar-refractivity contribution in [2.24, 2.45) is 0 Å². The molecule has 4 nitrogen and oxygen atoms in total. The first-order valence-corrected chi connectivity index (χ1v) is 7.23. The first-order valence-electron chi connectivity index (χ1n) is 7.23. The Bertz CT molecular complexity index is 640. The molecule has 116 valence electrons. The molecule has 0 saturated carbocycles. The maximum atomic E-state index is 12.1. The summed E-state index contributed by atoms with van der Waals surface area (Å²) in [4.78, 5) is 12.1. The van der Waals surface area contributed by atoms with Crippen molar-refractivity contribution in [3.05, 3.63) is 59.7 Å². The van der Waals surface area contributed by atoms with Crippen molar-refractivity contribution in [3.8, 4) is 11.5 Å². The molecule has 0 aliphatic heterocycles. The molecule has 1 atom stereocenters. The summed E-state index contributed by atoms with van der Waals surface area (Å²) in [6, 6.07) is 15.3. The number of ether oxygens (including phenoxy) is 2. The fraction of sp³-hybridized carbons (Fsp3) is 0.278. The van der Waals surface area contributed by atoms with E-state index < -0.39 is 6.10 Å². The van der Waals surface area contributed by atoms with Gasteiger partial charge in [0.25, 0.3) is 5.91 Å². The third kappa shape index (κ3) is 4.25. The van der Waals surface area contributed by atoms with Crippen molar-refractivity contribution < 1.29 is 14.3 Å². The van der Waals surface area contributed by atoms with Crippen molar-refractivity contribution in [1.82, 2.24) is 5.32 Å². The second kappa shape index (κ2) is 7.50. The van der Waals surface area contributed by atoms with E-state index in [4.69, 9.17) is 9.47 Å². The van der Waals surface area contributed by atoms with Crippen LogP contribution in [0.15, 0.2) is 48.5 Å². The lowest BCUT2D eigenvalue weighted by Gasteiger charge is -2.16. The Kier molecular flexibility index (Phi) is 5.42. The predicted molar refractivity (Wildman–Crippen MR) is 86.1 cm³/mol. The molecule has 2 rings (SSSR count). The Morgan fingerprint density at radius 1 is 1.14 bits per heavy atom. The SMILES string of the molecule is COc1ccccc1O[C@H](C)C(=O)NCc1cccc(C)c1. The lowest BCUT2D eigenvalue weighted by Crippen LogP contribution is -2.35. The van der Waals surface area contributed by atoms with Crippen LogP contribution in [0.4, 0.5) is 0 Å². The first kappa shape index (κ1) is 15.9. The number of carbonyl (C=O) groups is 1. The number of aryl methyl sites for hydroxylation is 1. The van der Waals surface area contributed by atoms with Gasteiger partial charge in [0.15, 0.2) is 17.6 Å². The zero-order valence-electron chi connectivity index (χ0n) is 13.1. The van der Waals surface area contributed by atoms with Crippen molar-refractivity contribution in [2.75, 3.05) is 7.11 Å².